The van der Waals surface area contributed by atoms with Crippen molar-refractivity contribution in [3.05, 3.63) is 71.8 Å². The zero-order valence-corrected chi connectivity index (χ0v) is 27.8. The van der Waals surface area contributed by atoms with Crippen molar-refractivity contribution in [2.45, 2.75) is 110 Å². The maximum atomic E-state index is 11.5. The van der Waals surface area contributed by atoms with Gasteiger partial charge in [0.2, 0.25) is 0 Å². The van der Waals surface area contributed by atoms with Gasteiger partial charge in [-0.05, 0) is 30.7 Å². The van der Waals surface area contributed by atoms with Crippen LogP contribution in [0.15, 0.2) is 60.7 Å². The summed E-state index contributed by atoms with van der Waals surface area (Å²) in [7, 11) is 0. The average Bonchev–Trinajstić information content (AvgIpc) is 2.94. The summed E-state index contributed by atoms with van der Waals surface area (Å²) in [6.07, 6.45) is 20.2. The van der Waals surface area contributed by atoms with Gasteiger partial charge in [0.25, 0.3) is 0 Å². The van der Waals surface area contributed by atoms with E-state index < -0.39 is 17.9 Å². The van der Waals surface area contributed by atoms with Crippen LogP contribution in [-0.4, -0.2) is 46.9 Å². The van der Waals surface area contributed by atoms with Crippen LogP contribution in [0.2, 0.25) is 0 Å². The standard InChI is InChI=1S/C18H36O2.C14H10O4.Sn.2H/c1-2-3-4-5-6-7-8-9-10-11-12-13-14-15-16-17-18(19)20;15-13(11-7-3-1-4-8-11)17-18-14(16)12-9-5-2-6-10-12;;;/h2-17H2,1H3,(H,19,20);1-10H;;;. The molecule has 0 aliphatic carbocycles. The Morgan fingerprint density at radius 3 is 1.15 bits per heavy atom. The van der Waals surface area contributed by atoms with Crippen molar-refractivity contribution in [3.63, 3.8) is 0 Å². The van der Waals surface area contributed by atoms with Crippen molar-refractivity contribution in [2.24, 2.45) is 0 Å². The van der Waals surface area contributed by atoms with E-state index in [2.05, 4.69) is 16.7 Å². The molecule has 216 valence electrons. The summed E-state index contributed by atoms with van der Waals surface area (Å²) >= 11 is 0. The quantitative estimate of drug-likeness (QED) is 0.0763. The van der Waals surface area contributed by atoms with E-state index >= 15 is 0 Å². The SMILES string of the molecule is CCCCCCCCCCCCCCCCCC(=O)O.O=C(OOC(=O)c1ccccc1)c1ccccc1.[SnH2]. The van der Waals surface area contributed by atoms with Gasteiger partial charge in [-0.25, -0.2) is 19.4 Å². The molecular weight excluding hydrogens is 599 g/mol. The zero-order chi connectivity index (χ0) is 27.7. The number of carboxylic acid groups (broad SMARTS) is 1. The number of carboxylic acids is 1. The molecule has 2 rings (SSSR count). The average molecular weight is 647 g/mol. The molecule has 7 heteroatoms. The summed E-state index contributed by atoms with van der Waals surface area (Å²) in [6, 6.07) is 16.6. The molecule has 2 aromatic carbocycles. The fraction of sp³-hybridized carbons (Fsp3) is 0.531. The Hall–Kier alpha value is -2.35. The number of carbonyl (C=O) groups excluding carboxylic acids is 2. The van der Waals surface area contributed by atoms with E-state index in [-0.39, 0.29) is 23.9 Å². The van der Waals surface area contributed by atoms with Crippen LogP contribution >= 0.6 is 0 Å². The first kappa shape index (κ1) is 36.6. The summed E-state index contributed by atoms with van der Waals surface area (Å²) in [4.78, 5) is 42.2. The Balaban J connectivity index is 0.000000724. The molecule has 0 bridgehead atoms. The molecule has 0 unspecified atom stereocenters. The van der Waals surface area contributed by atoms with Crippen LogP contribution < -0.4 is 0 Å². The Kier molecular flexibility index (Phi) is 24.3. The predicted molar refractivity (Wildman–Crippen MR) is 159 cm³/mol. The van der Waals surface area contributed by atoms with Gasteiger partial charge in [-0.15, -0.1) is 0 Å². The predicted octanol–water partition coefficient (Wildman–Crippen LogP) is 8.03. The van der Waals surface area contributed by atoms with Crippen molar-refractivity contribution in [3.8, 4) is 0 Å². The summed E-state index contributed by atoms with van der Waals surface area (Å²) in [6.45, 7) is 2.27. The second-order valence-corrected chi connectivity index (χ2v) is 9.57. The molecule has 0 aliphatic heterocycles. The van der Waals surface area contributed by atoms with E-state index in [1.165, 1.54) is 83.5 Å². The van der Waals surface area contributed by atoms with Gasteiger partial charge < -0.3 is 5.11 Å². The second-order valence-electron chi connectivity index (χ2n) is 9.57. The molecule has 0 fully saturated rings. The minimum absolute atomic E-state index is 0. The number of unbranched alkanes of at least 4 members (excludes halogenated alkanes) is 14. The van der Waals surface area contributed by atoms with Crippen LogP contribution in [0.4, 0.5) is 0 Å². The van der Waals surface area contributed by atoms with Crippen molar-refractivity contribution in [1.82, 2.24) is 0 Å². The van der Waals surface area contributed by atoms with E-state index in [9.17, 15) is 14.4 Å². The molecule has 0 spiro atoms. The van der Waals surface area contributed by atoms with Gasteiger partial charge in [-0.3, -0.25) is 4.79 Å². The van der Waals surface area contributed by atoms with Crippen molar-refractivity contribution in [1.29, 1.82) is 0 Å². The molecule has 1 N–H and O–H groups in total. The van der Waals surface area contributed by atoms with E-state index in [1.54, 1.807) is 60.7 Å². The van der Waals surface area contributed by atoms with Gasteiger partial charge in [-0.2, -0.15) is 0 Å². The summed E-state index contributed by atoms with van der Waals surface area (Å²) in [5.74, 6) is -2.07. The van der Waals surface area contributed by atoms with Crippen LogP contribution in [0.3, 0.4) is 0 Å². The summed E-state index contributed by atoms with van der Waals surface area (Å²) in [5.41, 5.74) is 0.636. The van der Waals surface area contributed by atoms with Crippen LogP contribution in [0.1, 0.15) is 130 Å². The van der Waals surface area contributed by atoms with Gasteiger partial charge in [0.05, 0.1) is 11.1 Å². The molecule has 0 aliphatic rings. The first-order valence-corrected chi connectivity index (χ1v) is 14.3. The fourth-order valence-electron chi connectivity index (χ4n) is 3.97. The molecular formula is C32H48O6Sn. The third-order valence-electron chi connectivity index (χ3n) is 6.21. The fourth-order valence-corrected chi connectivity index (χ4v) is 3.97. The Bertz CT molecular complexity index is 821. The summed E-state index contributed by atoms with van der Waals surface area (Å²) < 4.78 is 0. The molecule has 0 amide bonds. The molecule has 0 saturated carbocycles. The van der Waals surface area contributed by atoms with Crippen molar-refractivity contribution >= 4 is 41.8 Å². The number of carbonyl (C=O) groups is 3. The van der Waals surface area contributed by atoms with Crippen molar-refractivity contribution < 1.29 is 29.3 Å². The molecule has 6 nitrogen and oxygen atoms in total. The van der Waals surface area contributed by atoms with Crippen LogP contribution in [0, 0.1) is 0 Å². The topological polar surface area (TPSA) is 89.9 Å². The second kappa shape index (κ2) is 25.9. The number of rotatable bonds is 18. The van der Waals surface area contributed by atoms with Gasteiger partial charge in [-0.1, -0.05) is 133 Å². The third kappa shape index (κ3) is 21.2. The zero-order valence-electron chi connectivity index (χ0n) is 23.8. The summed E-state index contributed by atoms with van der Waals surface area (Å²) in [5, 5.41) is 8.52. The van der Waals surface area contributed by atoms with Gasteiger partial charge in [0.1, 0.15) is 0 Å². The molecule has 2 aromatic rings. The van der Waals surface area contributed by atoms with E-state index in [1.807, 2.05) is 0 Å². The molecule has 0 saturated heterocycles. The monoisotopic (exact) mass is 648 g/mol. The van der Waals surface area contributed by atoms with Gasteiger partial charge >= 0.3 is 41.8 Å². The number of hydrogen-bond acceptors (Lipinski definition) is 5. The number of benzene rings is 2. The van der Waals surface area contributed by atoms with E-state index in [0.29, 0.717) is 17.5 Å². The first-order chi connectivity index (χ1) is 18.5. The van der Waals surface area contributed by atoms with Crippen LogP contribution in [0.5, 0.6) is 0 Å². The third-order valence-corrected chi connectivity index (χ3v) is 6.21. The Morgan fingerprint density at radius 1 is 0.538 bits per heavy atom. The molecule has 0 atom stereocenters. The Labute approximate surface area is 251 Å². The molecule has 0 heterocycles. The van der Waals surface area contributed by atoms with Crippen LogP contribution in [0.25, 0.3) is 0 Å². The Morgan fingerprint density at radius 2 is 0.846 bits per heavy atom. The van der Waals surface area contributed by atoms with Crippen LogP contribution in [-0.2, 0) is 14.6 Å². The molecule has 2 radical (unpaired) electrons. The first-order valence-electron chi connectivity index (χ1n) is 14.3. The van der Waals surface area contributed by atoms with Gasteiger partial charge in [0.15, 0.2) is 0 Å². The molecule has 0 aromatic heterocycles. The van der Waals surface area contributed by atoms with Gasteiger partial charge in [0, 0.05) is 6.42 Å². The minimum atomic E-state index is -0.708. The number of aliphatic carboxylic acids is 1. The van der Waals surface area contributed by atoms with E-state index in [0.717, 1.165) is 12.8 Å². The maximum absolute atomic E-state index is 11.5. The van der Waals surface area contributed by atoms with E-state index in [4.69, 9.17) is 5.11 Å². The number of hydrogen-bond donors (Lipinski definition) is 1. The normalized spacial score (nSPS) is 9.97. The van der Waals surface area contributed by atoms with Crippen molar-refractivity contribution in [2.75, 3.05) is 0 Å². The molecule has 39 heavy (non-hydrogen) atoms.